The molecule has 0 aromatic heterocycles. The Balaban J connectivity index is 2.05. The summed E-state index contributed by atoms with van der Waals surface area (Å²) in [7, 11) is 0. The Kier molecular flexibility index (Phi) is 6.14. The topological polar surface area (TPSA) is 65.0 Å². The van der Waals surface area contributed by atoms with Gasteiger partial charge in [0.05, 0.1) is 6.42 Å². The minimum atomic E-state index is -0.0615. The van der Waals surface area contributed by atoms with Crippen molar-refractivity contribution in [2.45, 2.75) is 6.42 Å². The molecule has 0 bridgehead atoms. The molecule has 0 aliphatic heterocycles. The van der Waals surface area contributed by atoms with E-state index in [0.29, 0.717) is 18.5 Å². The monoisotopic (exact) mass is 411 g/mol. The zero-order valence-electron chi connectivity index (χ0n) is 11.2. The van der Waals surface area contributed by atoms with Crippen molar-refractivity contribution in [1.29, 1.82) is 5.41 Å². The van der Waals surface area contributed by atoms with Crippen LogP contribution in [-0.2, 0) is 11.2 Å². The van der Waals surface area contributed by atoms with E-state index in [1.165, 1.54) is 6.21 Å². The molecule has 2 aromatic carbocycles. The van der Waals surface area contributed by atoms with E-state index in [1.54, 1.807) is 6.07 Å². The SMILES string of the molecule is N=Cc1cc(NC(=O)Cc2ccccc2)ccc1NPI. The van der Waals surface area contributed by atoms with Crippen LogP contribution in [-0.4, -0.2) is 12.1 Å². The minimum absolute atomic E-state index is 0.0615. The molecular formula is C15H15IN3OP. The van der Waals surface area contributed by atoms with E-state index in [-0.39, 0.29) is 5.91 Å². The molecule has 0 spiro atoms. The van der Waals surface area contributed by atoms with Gasteiger partial charge in [0.1, 0.15) is 0 Å². The molecule has 0 aliphatic carbocycles. The third kappa shape index (κ3) is 4.79. The Labute approximate surface area is 138 Å². The molecule has 108 valence electrons. The van der Waals surface area contributed by atoms with E-state index in [9.17, 15) is 4.79 Å². The predicted octanol–water partition coefficient (Wildman–Crippen LogP) is 4.22. The van der Waals surface area contributed by atoms with Crippen molar-refractivity contribution in [2.24, 2.45) is 0 Å². The molecule has 21 heavy (non-hydrogen) atoms. The number of carbonyl (C=O) groups is 1. The molecule has 2 rings (SSSR count). The summed E-state index contributed by atoms with van der Waals surface area (Å²) in [5.74, 6) is -0.0615. The van der Waals surface area contributed by atoms with Gasteiger partial charge in [-0.1, -0.05) is 30.3 Å². The van der Waals surface area contributed by atoms with Crippen LogP contribution in [0.5, 0.6) is 0 Å². The normalized spacial score (nSPS) is 10.5. The van der Waals surface area contributed by atoms with Crippen LogP contribution in [0.2, 0.25) is 0 Å². The van der Waals surface area contributed by atoms with Crippen molar-refractivity contribution < 1.29 is 4.79 Å². The van der Waals surface area contributed by atoms with Crippen LogP contribution in [0.15, 0.2) is 48.5 Å². The summed E-state index contributed by atoms with van der Waals surface area (Å²) in [5.41, 5.74) is 3.35. The van der Waals surface area contributed by atoms with Gasteiger partial charge in [-0.3, -0.25) is 4.79 Å². The van der Waals surface area contributed by atoms with Crippen LogP contribution < -0.4 is 10.4 Å². The quantitative estimate of drug-likeness (QED) is 0.379. The number of carbonyl (C=O) groups excluding carboxylic acids is 1. The molecule has 0 radical (unpaired) electrons. The highest BCUT2D eigenvalue weighted by molar-refractivity contribution is 14.2. The lowest BCUT2D eigenvalue weighted by Crippen LogP contribution is -2.14. The molecule has 3 N–H and O–H groups in total. The second-order valence-corrected chi connectivity index (χ2v) is 6.43. The smallest absolute Gasteiger partial charge is 0.228 e. The van der Waals surface area contributed by atoms with Crippen LogP contribution >= 0.6 is 28.4 Å². The minimum Gasteiger partial charge on any atom is -0.358 e. The van der Waals surface area contributed by atoms with E-state index in [2.05, 4.69) is 32.4 Å². The first-order valence-corrected chi connectivity index (χ1v) is 10.4. The average Bonchev–Trinajstić information content (AvgIpc) is 2.50. The zero-order valence-corrected chi connectivity index (χ0v) is 14.3. The Morgan fingerprint density at radius 2 is 2.00 bits per heavy atom. The van der Waals surface area contributed by atoms with Gasteiger partial charge in [0.25, 0.3) is 0 Å². The lowest BCUT2D eigenvalue weighted by molar-refractivity contribution is -0.115. The lowest BCUT2D eigenvalue weighted by Gasteiger charge is -2.10. The summed E-state index contributed by atoms with van der Waals surface area (Å²) in [5, 5.41) is 13.5. The fourth-order valence-electron chi connectivity index (χ4n) is 1.91. The first kappa shape index (κ1) is 15.9. The third-order valence-corrected chi connectivity index (χ3v) is 4.05. The van der Waals surface area contributed by atoms with Gasteiger partial charge in [-0.05, 0) is 45.8 Å². The van der Waals surface area contributed by atoms with E-state index in [0.717, 1.165) is 16.8 Å². The standard InChI is InChI=1S/C15H15IN3OP/c16-21-19-14-7-6-13(9-12(14)10-17)18-15(20)8-11-4-2-1-3-5-11/h1-7,9-10,17,19,21H,8H2,(H,18,20). The number of benzene rings is 2. The second-order valence-electron chi connectivity index (χ2n) is 4.38. The summed E-state index contributed by atoms with van der Waals surface area (Å²) in [6, 6.07) is 15.1. The first-order valence-electron chi connectivity index (χ1n) is 6.33. The molecule has 0 fully saturated rings. The Morgan fingerprint density at radius 3 is 2.67 bits per heavy atom. The number of nitrogens with one attached hydrogen (secondary N) is 3. The predicted molar refractivity (Wildman–Crippen MR) is 99.1 cm³/mol. The van der Waals surface area contributed by atoms with Crippen LogP contribution in [0, 0.1) is 5.41 Å². The van der Waals surface area contributed by atoms with Gasteiger partial charge < -0.3 is 15.8 Å². The number of anilines is 2. The fraction of sp³-hybridized carbons (Fsp3) is 0.0667. The molecule has 6 heteroatoms. The summed E-state index contributed by atoms with van der Waals surface area (Å²) >= 11 is 2.24. The molecular weight excluding hydrogens is 396 g/mol. The van der Waals surface area contributed by atoms with Gasteiger partial charge in [-0.2, -0.15) is 0 Å². The van der Waals surface area contributed by atoms with Crippen molar-refractivity contribution in [2.75, 3.05) is 10.4 Å². The second kappa shape index (κ2) is 8.10. The van der Waals surface area contributed by atoms with Crippen molar-refractivity contribution >= 4 is 51.9 Å². The zero-order chi connectivity index (χ0) is 15.1. The molecule has 1 unspecified atom stereocenters. The maximum Gasteiger partial charge on any atom is 0.228 e. The first-order chi connectivity index (χ1) is 10.2. The number of hydrogen-bond donors (Lipinski definition) is 3. The van der Waals surface area contributed by atoms with E-state index in [4.69, 9.17) is 5.41 Å². The summed E-state index contributed by atoms with van der Waals surface area (Å²) in [4.78, 5) is 12.0. The number of halogens is 1. The van der Waals surface area contributed by atoms with Crippen LogP contribution in [0.3, 0.4) is 0 Å². The lowest BCUT2D eigenvalue weighted by atomic mass is 10.1. The van der Waals surface area contributed by atoms with Crippen molar-refractivity contribution in [3.63, 3.8) is 0 Å². The summed E-state index contributed by atoms with van der Waals surface area (Å²) in [6.07, 6.45) is 2.16. The largest absolute Gasteiger partial charge is 0.358 e. The van der Waals surface area contributed by atoms with Gasteiger partial charge in [0, 0.05) is 29.5 Å². The van der Waals surface area contributed by atoms with Gasteiger partial charge in [0.15, 0.2) is 0 Å². The molecule has 2 aromatic rings. The molecule has 0 heterocycles. The molecule has 0 saturated heterocycles. The molecule has 0 aliphatic rings. The van der Waals surface area contributed by atoms with Gasteiger partial charge >= 0.3 is 0 Å². The van der Waals surface area contributed by atoms with Gasteiger partial charge in [0.2, 0.25) is 5.91 Å². The average molecular weight is 411 g/mol. The van der Waals surface area contributed by atoms with Crippen molar-refractivity contribution in [1.82, 2.24) is 0 Å². The van der Waals surface area contributed by atoms with Crippen LogP contribution in [0.25, 0.3) is 0 Å². The van der Waals surface area contributed by atoms with Crippen LogP contribution in [0.4, 0.5) is 11.4 Å². The highest BCUT2D eigenvalue weighted by atomic mass is 127. The molecule has 1 atom stereocenters. The third-order valence-electron chi connectivity index (χ3n) is 2.88. The number of rotatable bonds is 6. The Hall–Kier alpha value is -1.46. The van der Waals surface area contributed by atoms with E-state index >= 15 is 0 Å². The number of amides is 1. The van der Waals surface area contributed by atoms with Gasteiger partial charge in [-0.25, -0.2) is 0 Å². The fourth-order valence-corrected chi connectivity index (χ4v) is 3.11. The highest BCUT2D eigenvalue weighted by Gasteiger charge is 2.06. The van der Waals surface area contributed by atoms with E-state index < -0.39 is 0 Å². The number of hydrogen-bond acceptors (Lipinski definition) is 3. The molecule has 4 nitrogen and oxygen atoms in total. The Bertz CT molecular complexity index is 634. The highest BCUT2D eigenvalue weighted by Crippen LogP contribution is 2.27. The van der Waals surface area contributed by atoms with E-state index in [1.807, 2.05) is 42.5 Å². The summed E-state index contributed by atoms with van der Waals surface area (Å²) in [6.45, 7) is 0. The van der Waals surface area contributed by atoms with Gasteiger partial charge in [-0.15, -0.1) is 0 Å². The maximum atomic E-state index is 12.0. The molecule has 0 saturated carbocycles. The van der Waals surface area contributed by atoms with Crippen molar-refractivity contribution in [3.05, 3.63) is 59.7 Å². The van der Waals surface area contributed by atoms with Crippen molar-refractivity contribution in [3.8, 4) is 0 Å². The molecule has 1 amide bonds. The summed E-state index contributed by atoms with van der Waals surface area (Å²) < 4.78 is 0. The van der Waals surface area contributed by atoms with Crippen LogP contribution in [0.1, 0.15) is 11.1 Å². The maximum absolute atomic E-state index is 12.0. The Morgan fingerprint density at radius 1 is 1.24 bits per heavy atom.